The SMILES string of the molecule is CC[NH+](CC(=O)NCc1cccs1)CC(=O)Nc1ccccc1F. The molecular formula is C17H21FN3O2S+. The van der Waals surface area contributed by atoms with Crippen LogP contribution >= 0.6 is 11.3 Å². The molecule has 0 spiro atoms. The number of halogens is 1. The van der Waals surface area contributed by atoms with Crippen molar-refractivity contribution in [2.24, 2.45) is 0 Å². The maximum Gasteiger partial charge on any atom is 0.279 e. The van der Waals surface area contributed by atoms with Gasteiger partial charge in [0.05, 0.1) is 18.8 Å². The summed E-state index contributed by atoms with van der Waals surface area (Å²) in [5.41, 5.74) is 0.153. The van der Waals surface area contributed by atoms with Gasteiger partial charge in [-0.2, -0.15) is 0 Å². The second-order valence-corrected chi connectivity index (χ2v) is 6.37. The number of hydrogen-bond acceptors (Lipinski definition) is 3. The first-order chi connectivity index (χ1) is 11.6. The van der Waals surface area contributed by atoms with Gasteiger partial charge < -0.3 is 15.5 Å². The summed E-state index contributed by atoms with van der Waals surface area (Å²) in [5.74, 6) is -0.903. The standard InChI is InChI=1S/C17H20FN3O2S/c1-2-21(11-16(22)19-10-13-6-5-9-24-13)12-17(23)20-15-8-4-3-7-14(15)18/h3-9H,2,10-12H2,1H3,(H,19,22)(H,20,23)/p+1. The number of hydrogen-bond donors (Lipinski definition) is 3. The van der Waals surface area contributed by atoms with Gasteiger partial charge in [-0.15, -0.1) is 11.3 Å². The van der Waals surface area contributed by atoms with Crippen molar-refractivity contribution in [3.63, 3.8) is 0 Å². The summed E-state index contributed by atoms with van der Waals surface area (Å²) in [6.45, 7) is 3.33. The van der Waals surface area contributed by atoms with Gasteiger partial charge in [-0.1, -0.05) is 18.2 Å². The molecule has 1 atom stereocenters. The number of quaternary nitrogens is 1. The highest BCUT2D eigenvalue weighted by atomic mass is 32.1. The molecule has 2 amide bonds. The zero-order chi connectivity index (χ0) is 17.4. The number of carbonyl (C=O) groups excluding carboxylic acids is 2. The van der Waals surface area contributed by atoms with Gasteiger partial charge >= 0.3 is 0 Å². The summed E-state index contributed by atoms with van der Waals surface area (Å²) in [4.78, 5) is 25.9. The van der Waals surface area contributed by atoms with E-state index in [0.717, 1.165) is 9.78 Å². The molecule has 1 aromatic heterocycles. The van der Waals surface area contributed by atoms with Gasteiger partial charge in [-0.3, -0.25) is 9.59 Å². The highest BCUT2D eigenvalue weighted by molar-refractivity contribution is 7.09. The Morgan fingerprint density at radius 1 is 1.12 bits per heavy atom. The lowest BCUT2D eigenvalue weighted by Gasteiger charge is -2.17. The van der Waals surface area contributed by atoms with Gasteiger partial charge in [-0.25, -0.2) is 4.39 Å². The van der Waals surface area contributed by atoms with E-state index in [1.165, 1.54) is 12.1 Å². The molecule has 0 radical (unpaired) electrons. The fourth-order valence-corrected chi connectivity index (χ4v) is 2.83. The fourth-order valence-electron chi connectivity index (χ4n) is 2.18. The summed E-state index contributed by atoms with van der Waals surface area (Å²) in [7, 11) is 0. The van der Waals surface area contributed by atoms with Crippen molar-refractivity contribution < 1.29 is 18.9 Å². The molecule has 1 heterocycles. The molecule has 2 aromatic rings. The van der Waals surface area contributed by atoms with Crippen LogP contribution in [0.5, 0.6) is 0 Å². The van der Waals surface area contributed by atoms with Gasteiger partial charge in [0.1, 0.15) is 5.82 Å². The zero-order valence-corrected chi connectivity index (χ0v) is 14.3. The molecule has 0 fully saturated rings. The van der Waals surface area contributed by atoms with Crippen LogP contribution in [-0.4, -0.2) is 31.4 Å². The third-order valence-electron chi connectivity index (χ3n) is 3.51. The average Bonchev–Trinajstić information content (AvgIpc) is 3.08. The quantitative estimate of drug-likeness (QED) is 0.666. The van der Waals surface area contributed by atoms with E-state index in [-0.39, 0.29) is 30.6 Å². The minimum absolute atomic E-state index is 0.108. The maximum atomic E-state index is 13.5. The van der Waals surface area contributed by atoms with Gasteiger partial charge in [0, 0.05) is 4.88 Å². The number of amides is 2. The molecule has 24 heavy (non-hydrogen) atoms. The van der Waals surface area contributed by atoms with Gasteiger partial charge in [0.25, 0.3) is 11.8 Å². The first-order valence-electron chi connectivity index (χ1n) is 7.75. The van der Waals surface area contributed by atoms with Gasteiger partial charge in [0.15, 0.2) is 13.1 Å². The molecule has 0 bridgehead atoms. The predicted molar refractivity (Wildman–Crippen MR) is 92.4 cm³/mol. The largest absolute Gasteiger partial charge is 0.346 e. The third-order valence-corrected chi connectivity index (χ3v) is 4.39. The monoisotopic (exact) mass is 350 g/mol. The second kappa shape index (κ2) is 9.14. The van der Waals surface area contributed by atoms with Crippen molar-refractivity contribution in [3.05, 3.63) is 52.5 Å². The molecule has 0 saturated heterocycles. The normalized spacial score (nSPS) is 11.8. The molecule has 1 unspecified atom stereocenters. The van der Waals surface area contributed by atoms with E-state index < -0.39 is 5.82 Å². The van der Waals surface area contributed by atoms with Crippen molar-refractivity contribution in [3.8, 4) is 0 Å². The van der Waals surface area contributed by atoms with Crippen LogP contribution in [0.2, 0.25) is 0 Å². The molecular weight excluding hydrogens is 329 g/mol. The number of para-hydroxylation sites is 1. The number of rotatable bonds is 8. The smallest absolute Gasteiger partial charge is 0.279 e. The Balaban J connectivity index is 1.79. The Morgan fingerprint density at radius 2 is 1.88 bits per heavy atom. The predicted octanol–water partition coefficient (Wildman–Crippen LogP) is 1.05. The van der Waals surface area contributed by atoms with E-state index in [4.69, 9.17) is 0 Å². The number of carbonyl (C=O) groups is 2. The van der Waals surface area contributed by atoms with Crippen LogP contribution in [0.1, 0.15) is 11.8 Å². The van der Waals surface area contributed by atoms with Crippen molar-refractivity contribution in [2.75, 3.05) is 25.0 Å². The fraction of sp³-hybridized carbons (Fsp3) is 0.294. The second-order valence-electron chi connectivity index (χ2n) is 5.34. The van der Waals surface area contributed by atoms with E-state index in [2.05, 4.69) is 10.6 Å². The van der Waals surface area contributed by atoms with Crippen molar-refractivity contribution in [1.29, 1.82) is 0 Å². The molecule has 2 rings (SSSR count). The van der Waals surface area contributed by atoms with Crippen LogP contribution in [0.4, 0.5) is 10.1 Å². The summed E-state index contributed by atoms with van der Waals surface area (Å²) in [6.07, 6.45) is 0. The molecule has 128 valence electrons. The Labute approximate surface area is 144 Å². The molecule has 7 heteroatoms. The number of nitrogens with one attached hydrogen (secondary N) is 3. The van der Waals surface area contributed by atoms with Crippen molar-refractivity contribution >= 4 is 28.8 Å². The lowest BCUT2D eigenvalue weighted by Crippen LogP contribution is -3.14. The molecule has 3 N–H and O–H groups in total. The Hall–Kier alpha value is -2.25. The molecule has 0 aliphatic heterocycles. The summed E-state index contributed by atoms with van der Waals surface area (Å²) < 4.78 is 13.5. The lowest BCUT2D eigenvalue weighted by atomic mass is 10.3. The highest BCUT2D eigenvalue weighted by Gasteiger charge is 2.17. The summed E-state index contributed by atoms with van der Waals surface area (Å²) in [5, 5.41) is 7.34. The topological polar surface area (TPSA) is 62.6 Å². The van der Waals surface area contributed by atoms with Gasteiger partial charge in [-0.05, 0) is 30.5 Å². The third kappa shape index (κ3) is 5.75. The van der Waals surface area contributed by atoms with E-state index >= 15 is 0 Å². The molecule has 0 aliphatic carbocycles. The van der Waals surface area contributed by atoms with Crippen molar-refractivity contribution in [2.45, 2.75) is 13.5 Å². The van der Waals surface area contributed by atoms with Crippen LogP contribution in [-0.2, 0) is 16.1 Å². The molecule has 0 aliphatic rings. The van der Waals surface area contributed by atoms with Crippen LogP contribution in [0, 0.1) is 5.82 Å². The van der Waals surface area contributed by atoms with Crippen LogP contribution in [0.25, 0.3) is 0 Å². The van der Waals surface area contributed by atoms with Crippen LogP contribution in [0.15, 0.2) is 41.8 Å². The number of benzene rings is 1. The zero-order valence-electron chi connectivity index (χ0n) is 13.5. The number of anilines is 1. The Morgan fingerprint density at radius 3 is 2.54 bits per heavy atom. The van der Waals surface area contributed by atoms with E-state index in [1.807, 2.05) is 24.4 Å². The maximum absolute atomic E-state index is 13.5. The molecule has 0 saturated carbocycles. The van der Waals surface area contributed by atoms with E-state index in [9.17, 15) is 14.0 Å². The minimum atomic E-state index is -0.474. The number of likely N-dealkylation sites (N-methyl/N-ethyl adjacent to an activating group) is 1. The minimum Gasteiger partial charge on any atom is -0.346 e. The first-order valence-corrected chi connectivity index (χ1v) is 8.63. The van der Waals surface area contributed by atoms with Crippen LogP contribution < -0.4 is 15.5 Å². The molecule has 1 aromatic carbocycles. The molecule has 5 nitrogen and oxygen atoms in total. The first kappa shape index (κ1) is 18.1. The van der Waals surface area contributed by atoms with E-state index in [1.54, 1.807) is 23.5 Å². The number of thiophene rings is 1. The highest BCUT2D eigenvalue weighted by Crippen LogP contribution is 2.11. The summed E-state index contributed by atoms with van der Waals surface area (Å²) in [6, 6.07) is 9.90. The lowest BCUT2D eigenvalue weighted by molar-refractivity contribution is -0.881. The average molecular weight is 350 g/mol. The Bertz CT molecular complexity index is 676. The van der Waals surface area contributed by atoms with Crippen molar-refractivity contribution in [1.82, 2.24) is 5.32 Å². The Kier molecular flexibility index (Phi) is 6.89. The van der Waals surface area contributed by atoms with Crippen LogP contribution in [0.3, 0.4) is 0 Å². The summed E-state index contributed by atoms with van der Waals surface area (Å²) >= 11 is 1.58. The van der Waals surface area contributed by atoms with E-state index in [0.29, 0.717) is 13.1 Å². The van der Waals surface area contributed by atoms with Gasteiger partial charge in [0.2, 0.25) is 0 Å².